The highest BCUT2D eigenvalue weighted by Crippen LogP contribution is 2.31. The highest BCUT2D eigenvalue weighted by molar-refractivity contribution is 5.80. The number of methoxy groups -OCH3 is 2. The molecule has 0 aliphatic carbocycles. The predicted molar refractivity (Wildman–Crippen MR) is 61.8 cm³/mol. The highest BCUT2D eigenvalue weighted by atomic mass is 16.6. The van der Waals surface area contributed by atoms with E-state index in [4.69, 9.17) is 9.47 Å². The van der Waals surface area contributed by atoms with Gasteiger partial charge in [0.2, 0.25) is 0 Å². The summed E-state index contributed by atoms with van der Waals surface area (Å²) in [6.45, 7) is 0. The third-order valence-corrected chi connectivity index (χ3v) is 2.92. The Hall–Kier alpha value is -1.88. The van der Waals surface area contributed by atoms with Crippen molar-refractivity contribution in [1.82, 2.24) is 0 Å². The van der Waals surface area contributed by atoms with Crippen molar-refractivity contribution in [3.05, 3.63) is 35.4 Å². The van der Waals surface area contributed by atoms with Crippen LogP contribution in [0.25, 0.3) is 0 Å². The van der Waals surface area contributed by atoms with Crippen LogP contribution in [0.5, 0.6) is 0 Å². The molecule has 0 saturated carbocycles. The Morgan fingerprint density at radius 2 is 1.83 bits per heavy atom. The number of hydrogen-bond acceptors (Lipinski definition) is 5. The van der Waals surface area contributed by atoms with Gasteiger partial charge in [0.1, 0.15) is 0 Å². The van der Waals surface area contributed by atoms with E-state index < -0.39 is 24.1 Å². The van der Waals surface area contributed by atoms with Crippen molar-refractivity contribution in [1.29, 1.82) is 0 Å². The van der Waals surface area contributed by atoms with E-state index in [1.165, 1.54) is 14.2 Å². The zero-order valence-electron chi connectivity index (χ0n) is 10.2. The zero-order valence-corrected chi connectivity index (χ0v) is 10.2. The highest BCUT2D eigenvalue weighted by Gasteiger charge is 2.36. The zero-order chi connectivity index (χ0) is 13.1. The lowest BCUT2D eigenvalue weighted by Crippen LogP contribution is -2.36. The van der Waals surface area contributed by atoms with Gasteiger partial charge in [-0.2, -0.15) is 0 Å². The van der Waals surface area contributed by atoms with Crippen LogP contribution in [0.15, 0.2) is 24.3 Å². The van der Waals surface area contributed by atoms with Gasteiger partial charge in [-0.05, 0) is 11.1 Å². The summed E-state index contributed by atoms with van der Waals surface area (Å²) in [6, 6.07) is 7.33. The molecule has 0 spiro atoms. The molecule has 2 rings (SSSR count). The maximum atomic E-state index is 11.7. The second-order valence-electron chi connectivity index (χ2n) is 3.95. The van der Waals surface area contributed by atoms with Crippen molar-refractivity contribution in [3.63, 3.8) is 0 Å². The Morgan fingerprint density at radius 3 is 2.50 bits per heavy atom. The fraction of sp³-hybridized carbons (Fsp3) is 0.385. The van der Waals surface area contributed by atoms with Crippen LogP contribution in [0, 0.1) is 0 Å². The molecule has 0 N–H and O–H groups in total. The van der Waals surface area contributed by atoms with E-state index in [1.807, 2.05) is 18.2 Å². The van der Waals surface area contributed by atoms with Gasteiger partial charge in [0, 0.05) is 6.42 Å². The Bertz CT molecular complexity index is 468. The summed E-state index contributed by atoms with van der Waals surface area (Å²) in [5.41, 5.74) is 1.64. The normalized spacial score (nSPS) is 21.9. The van der Waals surface area contributed by atoms with Gasteiger partial charge in [0.15, 0.2) is 12.2 Å². The first-order valence-corrected chi connectivity index (χ1v) is 5.56. The number of hydrogen-bond donors (Lipinski definition) is 0. The molecule has 5 heteroatoms. The quantitative estimate of drug-likeness (QED) is 0.733. The third kappa shape index (κ3) is 2.22. The van der Waals surface area contributed by atoms with Gasteiger partial charge in [-0.25, -0.2) is 9.59 Å². The van der Waals surface area contributed by atoms with E-state index in [2.05, 4.69) is 4.74 Å². The number of benzene rings is 1. The van der Waals surface area contributed by atoms with Gasteiger partial charge >= 0.3 is 11.9 Å². The molecular weight excluding hydrogens is 236 g/mol. The summed E-state index contributed by atoms with van der Waals surface area (Å²) in [5, 5.41) is 0. The summed E-state index contributed by atoms with van der Waals surface area (Å²) in [5.74, 6) is -1.01. The van der Waals surface area contributed by atoms with Crippen molar-refractivity contribution in [3.8, 4) is 0 Å². The molecule has 5 nitrogen and oxygen atoms in total. The lowest BCUT2D eigenvalue weighted by atomic mass is 9.94. The number of fused-ring (bicyclic) bond motifs is 1. The van der Waals surface area contributed by atoms with E-state index in [9.17, 15) is 9.59 Å². The molecular formula is C13H14O5. The van der Waals surface area contributed by atoms with Crippen molar-refractivity contribution in [2.45, 2.75) is 18.6 Å². The average Bonchev–Trinajstić information content (AvgIpc) is 2.44. The third-order valence-electron chi connectivity index (χ3n) is 2.92. The molecule has 1 aliphatic rings. The van der Waals surface area contributed by atoms with Crippen LogP contribution in [0.4, 0.5) is 0 Å². The van der Waals surface area contributed by atoms with Crippen molar-refractivity contribution < 1.29 is 23.8 Å². The van der Waals surface area contributed by atoms with Crippen LogP contribution in [0.2, 0.25) is 0 Å². The van der Waals surface area contributed by atoms with E-state index in [0.29, 0.717) is 6.42 Å². The maximum Gasteiger partial charge on any atom is 0.339 e. The van der Waals surface area contributed by atoms with E-state index in [-0.39, 0.29) is 0 Å². The van der Waals surface area contributed by atoms with E-state index in [0.717, 1.165) is 11.1 Å². The van der Waals surface area contributed by atoms with Crippen molar-refractivity contribution in [2.75, 3.05) is 14.2 Å². The van der Waals surface area contributed by atoms with Crippen LogP contribution < -0.4 is 0 Å². The van der Waals surface area contributed by atoms with Crippen LogP contribution in [0.1, 0.15) is 17.2 Å². The minimum absolute atomic E-state index is 0.399. The summed E-state index contributed by atoms with van der Waals surface area (Å²) < 4.78 is 14.8. The average molecular weight is 250 g/mol. The van der Waals surface area contributed by atoms with E-state index >= 15 is 0 Å². The lowest BCUT2D eigenvalue weighted by molar-refractivity contribution is -0.171. The van der Waals surface area contributed by atoms with Crippen molar-refractivity contribution in [2.24, 2.45) is 0 Å². The molecule has 18 heavy (non-hydrogen) atoms. The number of esters is 2. The maximum absolute atomic E-state index is 11.7. The molecule has 1 heterocycles. The SMILES string of the molecule is COC(=O)C1Cc2ccccc2C(C(=O)OC)O1. The van der Waals surface area contributed by atoms with E-state index in [1.54, 1.807) is 6.07 Å². The largest absolute Gasteiger partial charge is 0.467 e. The molecule has 1 aromatic rings. The van der Waals surface area contributed by atoms with Gasteiger partial charge in [-0.1, -0.05) is 24.3 Å². The molecule has 2 atom stereocenters. The lowest BCUT2D eigenvalue weighted by Gasteiger charge is -2.29. The minimum Gasteiger partial charge on any atom is -0.467 e. The van der Waals surface area contributed by atoms with Gasteiger partial charge in [0.25, 0.3) is 0 Å². The fourth-order valence-electron chi connectivity index (χ4n) is 2.02. The molecule has 0 bridgehead atoms. The number of carbonyl (C=O) groups is 2. The van der Waals surface area contributed by atoms with Crippen molar-refractivity contribution >= 4 is 11.9 Å². The van der Waals surface area contributed by atoms with Gasteiger partial charge in [-0.15, -0.1) is 0 Å². The van der Waals surface area contributed by atoms with Gasteiger partial charge < -0.3 is 14.2 Å². The first-order valence-electron chi connectivity index (χ1n) is 5.56. The van der Waals surface area contributed by atoms with Crippen LogP contribution >= 0.6 is 0 Å². The Labute approximate surface area is 105 Å². The molecule has 96 valence electrons. The van der Waals surface area contributed by atoms with Gasteiger partial charge in [-0.3, -0.25) is 0 Å². The molecule has 0 aromatic heterocycles. The molecule has 0 amide bonds. The standard InChI is InChI=1S/C13H14O5/c1-16-12(14)10-7-8-5-3-4-6-9(8)11(18-10)13(15)17-2/h3-6,10-11H,7H2,1-2H3. The van der Waals surface area contributed by atoms with Crippen LogP contribution in [-0.4, -0.2) is 32.3 Å². The Kier molecular flexibility index (Phi) is 3.62. The molecule has 0 radical (unpaired) electrons. The Morgan fingerprint density at radius 1 is 1.17 bits per heavy atom. The van der Waals surface area contributed by atoms with Crippen LogP contribution in [0.3, 0.4) is 0 Å². The molecule has 0 fully saturated rings. The fourth-order valence-corrected chi connectivity index (χ4v) is 2.02. The summed E-state index contributed by atoms with van der Waals surface area (Å²) in [4.78, 5) is 23.2. The molecule has 1 aromatic carbocycles. The summed E-state index contributed by atoms with van der Waals surface area (Å²) in [7, 11) is 2.58. The smallest absolute Gasteiger partial charge is 0.339 e. The molecule has 1 aliphatic heterocycles. The van der Waals surface area contributed by atoms with Gasteiger partial charge in [0.05, 0.1) is 14.2 Å². The molecule has 2 unspecified atom stereocenters. The predicted octanol–water partition coefficient (Wildman–Crippen LogP) is 1.01. The first-order chi connectivity index (χ1) is 8.67. The monoisotopic (exact) mass is 250 g/mol. The number of ether oxygens (including phenoxy) is 3. The second-order valence-corrected chi connectivity index (χ2v) is 3.95. The van der Waals surface area contributed by atoms with Crippen LogP contribution in [-0.2, 0) is 30.2 Å². The summed E-state index contributed by atoms with van der Waals surface area (Å²) in [6.07, 6.45) is -1.24. The number of carbonyl (C=O) groups excluding carboxylic acids is 2. The first kappa shape index (κ1) is 12.6. The Balaban J connectivity index is 2.35. The minimum atomic E-state index is -0.871. The summed E-state index contributed by atoms with van der Waals surface area (Å²) >= 11 is 0. The topological polar surface area (TPSA) is 61.8 Å². The second kappa shape index (κ2) is 5.18. The number of rotatable bonds is 2. The molecule has 0 saturated heterocycles.